The summed E-state index contributed by atoms with van der Waals surface area (Å²) in [5.74, 6) is 0.803. The van der Waals surface area contributed by atoms with E-state index in [-0.39, 0.29) is 0 Å². The molecule has 0 radical (unpaired) electrons. The van der Waals surface area contributed by atoms with Crippen LogP contribution in [0.3, 0.4) is 0 Å². The van der Waals surface area contributed by atoms with Crippen LogP contribution in [0.25, 0.3) is 0 Å². The van der Waals surface area contributed by atoms with Gasteiger partial charge in [-0.25, -0.2) is 0 Å². The summed E-state index contributed by atoms with van der Waals surface area (Å²) in [5.41, 5.74) is 2.79. The molecule has 0 saturated carbocycles. The van der Waals surface area contributed by atoms with E-state index in [9.17, 15) is 5.11 Å². The third-order valence-corrected chi connectivity index (χ3v) is 3.43. The van der Waals surface area contributed by atoms with E-state index in [1.54, 1.807) is 7.11 Å². The van der Waals surface area contributed by atoms with Gasteiger partial charge in [-0.1, -0.05) is 34.1 Å². The second-order valence-corrected chi connectivity index (χ2v) is 5.10. The number of halogens is 1. The SMILES string of the molecule is COc1ccc([C@@H](O)c2cccc(Br)c2)c(C)c1. The minimum absolute atomic E-state index is 0.617. The number of aliphatic hydroxyl groups is 1. The van der Waals surface area contributed by atoms with Gasteiger partial charge in [0.1, 0.15) is 11.9 Å². The van der Waals surface area contributed by atoms with Crippen molar-refractivity contribution >= 4 is 15.9 Å². The molecule has 3 heteroatoms. The molecule has 0 aliphatic rings. The van der Waals surface area contributed by atoms with Crippen LogP contribution in [0.2, 0.25) is 0 Å². The fourth-order valence-electron chi connectivity index (χ4n) is 1.94. The Balaban J connectivity index is 2.37. The monoisotopic (exact) mass is 306 g/mol. The third-order valence-electron chi connectivity index (χ3n) is 2.94. The number of hydrogen-bond donors (Lipinski definition) is 1. The van der Waals surface area contributed by atoms with Gasteiger partial charge in [-0.15, -0.1) is 0 Å². The Morgan fingerprint density at radius 2 is 1.94 bits per heavy atom. The highest BCUT2D eigenvalue weighted by Crippen LogP contribution is 2.28. The number of aryl methyl sites for hydroxylation is 1. The van der Waals surface area contributed by atoms with Gasteiger partial charge in [0, 0.05) is 4.47 Å². The van der Waals surface area contributed by atoms with E-state index in [0.29, 0.717) is 0 Å². The van der Waals surface area contributed by atoms with Gasteiger partial charge in [0.15, 0.2) is 0 Å². The first kappa shape index (κ1) is 13.1. The lowest BCUT2D eigenvalue weighted by molar-refractivity contribution is 0.219. The van der Waals surface area contributed by atoms with Crippen molar-refractivity contribution in [1.29, 1.82) is 0 Å². The van der Waals surface area contributed by atoms with Crippen molar-refractivity contribution in [3.8, 4) is 5.75 Å². The number of methoxy groups -OCH3 is 1. The molecule has 0 spiro atoms. The van der Waals surface area contributed by atoms with Gasteiger partial charge in [0.25, 0.3) is 0 Å². The molecule has 1 N–H and O–H groups in total. The zero-order valence-corrected chi connectivity index (χ0v) is 11.9. The first-order chi connectivity index (χ1) is 8.61. The van der Waals surface area contributed by atoms with Crippen molar-refractivity contribution in [3.63, 3.8) is 0 Å². The number of ether oxygens (including phenoxy) is 1. The highest BCUT2D eigenvalue weighted by molar-refractivity contribution is 9.10. The molecule has 0 amide bonds. The molecular formula is C15H15BrO2. The summed E-state index contributed by atoms with van der Waals surface area (Å²) in [5, 5.41) is 10.4. The Labute approximate surface area is 115 Å². The largest absolute Gasteiger partial charge is 0.497 e. The average Bonchev–Trinajstić information content (AvgIpc) is 2.37. The van der Waals surface area contributed by atoms with E-state index in [1.165, 1.54) is 0 Å². The number of hydrogen-bond acceptors (Lipinski definition) is 2. The molecule has 1 atom stereocenters. The summed E-state index contributed by atoms with van der Waals surface area (Å²) < 4.78 is 6.13. The van der Waals surface area contributed by atoms with Crippen molar-refractivity contribution in [2.45, 2.75) is 13.0 Å². The summed E-state index contributed by atoms with van der Waals surface area (Å²) in [4.78, 5) is 0. The zero-order valence-electron chi connectivity index (χ0n) is 10.4. The lowest BCUT2D eigenvalue weighted by Crippen LogP contribution is -2.02. The van der Waals surface area contributed by atoms with E-state index in [1.807, 2.05) is 49.4 Å². The molecule has 0 aliphatic carbocycles. The van der Waals surface area contributed by atoms with E-state index in [4.69, 9.17) is 4.74 Å². The van der Waals surface area contributed by atoms with E-state index < -0.39 is 6.10 Å². The minimum Gasteiger partial charge on any atom is -0.497 e. The van der Waals surface area contributed by atoms with Gasteiger partial charge in [0.2, 0.25) is 0 Å². The van der Waals surface area contributed by atoms with Crippen molar-refractivity contribution < 1.29 is 9.84 Å². The molecule has 0 aromatic heterocycles. The summed E-state index contributed by atoms with van der Waals surface area (Å²) in [6, 6.07) is 13.4. The van der Waals surface area contributed by atoms with Crippen LogP contribution in [0.15, 0.2) is 46.9 Å². The Hall–Kier alpha value is -1.32. The molecule has 18 heavy (non-hydrogen) atoms. The standard InChI is InChI=1S/C15H15BrO2/c1-10-8-13(18-2)6-7-14(10)15(17)11-4-3-5-12(16)9-11/h3-9,15,17H,1-2H3/t15-/m0/s1. The second-order valence-electron chi connectivity index (χ2n) is 4.18. The molecule has 2 rings (SSSR count). The van der Waals surface area contributed by atoms with Gasteiger partial charge in [-0.05, 0) is 47.9 Å². The first-order valence-electron chi connectivity index (χ1n) is 5.70. The predicted molar refractivity (Wildman–Crippen MR) is 75.9 cm³/mol. The molecule has 0 heterocycles. The molecule has 0 bridgehead atoms. The van der Waals surface area contributed by atoms with Gasteiger partial charge in [0.05, 0.1) is 7.11 Å². The van der Waals surface area contributed by atoms with Crippen molar-refractivity contribution in [2.75, 3.05) is 7.11 Å². The van der Waals surface area contributed by atoms with Crippen molar-refractivity contribution in [2.24, 2.45) is 0 Å². The molecule has 0 fully saturated rings. The number of aliphatic hydroxyl groups excluding tert-OH is 1. The van der Waals surface area contributed by atoms with Crippen LogP contribution in [-0.2, 0) is 0 Å². The average molecular weight is 307 g/mol. The maximum Gasteiger partial charge on any atom is 0.119 e. The Morgan fingerprint density at radius 3 is 2.56 bits per heavy atom. The zero-order chi connectivity index (χ0) is 13.1. The van der Waals surface area contributed by atoms with E-state index in [2.05, 4.69) is 15.9 Å². The van der Waals surface area contributed by atoms with E-state index in [0.717, 1.165) is 26.9 Å². The molecular weight excluding hydrogens is 292 g/mol. The van der Waals surface area contributed by atoms with Crippen molar-refractivity contribution in [1.82, 2.24) is 0 Å². The van der Waals surface area contributed by atoms with Crippen LogP contribution >= 0.6 is 15.9 Å². The van der Waals surface area contributed by atoms with E-state index >= 15 is 0 Å². The van der Waals surface area contributed by atoms with Crippen molar-refractivity contribution in [3.05, 3.63) is 63.6 Å². The Morgan fingerprint density at radius 1 is 1.17 bits per heavy atom. The molecule has 0 saturated heterocycles. The Bertz CT molecular complexity index is 552. The van der Waals surface area contributed by atoms with Crippen LogP contribution in [0.1, 0.15) is 22.8 Å². The fourth-order valence-corrected chi connectivity index (χ4v) is 2.36. The van der Waals surface area contributed by atoms with Gasteiger partial charge < -0.3 is 9.84 Å². The van der Waals surface area contributed by atoms with Gasteiger partial charge >= 0.3 is 0 Å². The Kier molecular flexibility index (Phi) is 4.04. The molecule has 0 unspecified atom stereocenters. The minimum atomic E-state index is -0.617. The normalized spacial score (nSPS) is 12.2. The number of rotatable bonds is 3. The molecule has 0 aliphatic heterocycles. The molecule has 2 nitrogen and oxygen atoms in total. The van der Waals surface area contributed by atoms with Crippen LogP contribution in [0.4, 0.5) is 0 Å². The highest BCUT2D eigenvalue weighted by Gasteiger charge is 2.13. The quantitative estimate of drug-likeness (QED) is 0.933. The summed E-state index contributed by atoms with van der Waals surface area (Å²) in [7, 11) is 1.64. The highest BCUT2D eigenvalue weighted by atomic mass is 79.9. The summed E-state index contributed by atoms with van der Waals surface area (Å²) >= 11 is 3.41. The van der Waals surface area contributed by atoms with Crippen LogP contribution in [0, 0.1) is 6.92 Å². The topological polar surface area (TPSA) is 29.5 Å². The van der Waals surface area contributed by atoms with Gasteiger partial charge in [-0.2, -0.15) is 0 Å². The summed E-state index contributed by atoms with van der Waals surface area (Å²) in [6.45, 7) is 1.97. The van der Waals surface area contributed by atoms with Crippen LogP contribution < -0.4 is 4.74 Å². The smallest absolute Gasteiger partial charge is 0.119 e. The lowest BCUT2D eigenvalue weighted by Gasteiger charge is -2.15. The molecule has 94 valence electrons. The van der Waals surface area contributed by atoms with Gasteiger partial charge in [-0.3, -0.25) is 0 Å². The predicted octanol–water partition coefficient (Wildman–Crippen LogP) is 3.85. The fraction of sp³-hybridized carbons (Fsp3) is 0.200. The van der Waals surface area contributed by atoms with Crippen LogP contribution in [0.5, 0.6) is 5.75 Å². The van der Waals surface area contributed by atoms with Crippen LogP contribution in [-0.4, -0.2) is 12.2 Å². The molecule has 2 aromatic rings. The maximum absolute atomic E-state index is 10.4. The molecule has 2 aromatic carbocycles. The summed E-state index contributed by atoms with van der Waals surface area (Å²) in [6.07, 6.45) is -0.617. The number of benzene rings is 2. The third kappa shape index (κ3) is 2.74. The lowest BCUT2D eigenvalue weighted by atomic mass is 9.97. The second kappa shape index (κ2) is 5.55. The first-order valence-corrected chi connectivity index (χ1v) is 6.49. The maximum atomic E-state index is 10.4.